The van der Waals surface area contributed by atoms with Crippen LogP contribution in [0.5, 0.6) is 0 Å². The highest BCUT2D eigenvalue weighted by molar-refractivity contribution is 5.59. The van der Waals surface area contributed by atoms with Crippen molar-refractivity contribution in [3.63, 3.8) is 0 Å². The Hall–Kier alpha value is -2.22. The van der Waals surface area contributed by atoms with Crippen LogP contribution >= 0.6 is 0 Å². The van der Waals surface area contributed by atoms with E-state index in [0.717, 1.165) is 11.8 Å². The first-order valence-electron chi connectivity index (χ1n) is 13.9. The highest BCUT2D eigenvalue weighted by Crippen LogP contribution is 2.62. The third-order valence-electron chi connectivity index (χ3n) is 10.1. The Bertz CT molecular complexity index is 1040. The van der Waals surface area contributed by atoms with E-state index in [1.54, 1.807) is 0 Å². The van der Waals surface area contributed by atoms with Gasteiger partial charge in [0.15, 0.2) is 0 Å². The minimum absolute atomic E-state index is 0.267. The van der Waals surface area contributed by atoms with E-state index in [2.05, 4.69) is 92.2 Å². The number of nitrogens with zero attached hydrogens (tertiary/aromatic N) is 2. The SMILES string of the molecule is Cc1ccccc1N1C(c2c(C)cccc2C)N2C=CC(C3CCCC3)(C3CCCC3)C2[C@@H]1C. The van der Waals surface area contributed by atoms with Gasteiger partial charge in [0, 0.05) is 22.7 Å². The fourth-order valence-corrected chi connectivity index (χ4v) is 8.75. The van der Waals surface area contributed by atoms with E-state index in [1.165, 1.54) is 79.3 Å². The normalized spacial score (nSPS) is 28.9. The third-order valence-corrected chi connectivity index (χ3v) is 10.1. The van der Waals surface area contributed by atoms with Crippen LogP contribution in [0.1, 0.15) is 86.7 Å². The van der Waals surface area contributed by atoms with Gasteiger partial charge in [-0.15, -0.1) is 0 Å². The average Bonchev–Trinajstić information content (AvgIpc) is 3.62. The van der Waals surface area contributed by atoms with Gasteiger partial charge in [0.05, 0.1) is 6.04 Å². The van der Waals surface area contributed by atoms with Crippen molar-refractivity contribution in [2.45, 2.75) is 97.3 Å². The summed E-state index contributed by atoms with van der Waals surface area (Å²) >= 11 is 0. The van der Waals surface area contributed by atoms with Gasteiger partial charge in [-0.1, -0.05) is 68.2 Å². The molecule has 2 heterocycles. The average molecular weight is 455 g/mol. The second-order valence-corrected chi connectivity index (χ2v) is 11.8. The summed E-state index contributed by atoms with van der Waals surface area (Å²) in [6.45, 7) is 9.47. The molecule has 2 aromatic rings. The van der Waals surface area contributed by atoms with Gasteiger partial charge in [0.25, 0.3) is 0 Å². The maximum absolute atomic E-state index is 2.82. The first-order valence-corrected chi connectivity index (χ1v) is 13.9. The molecule has 180 valence electrons. The first kappa shape index (κ1) is 22.3. The van der Waals surface area contributed by atoms with E-state index in [4.69, 9.17) is 0 Å². The van der Waals surface area contributed by atoms with Gasteiger partial charge in [-0.25, -0.2) is 0 Å². The molecule has 0 spiro atoms. The molecule has 2 unspecified atom stereocenters. The summed E-state index contributed by atoms with van der Waals surface area (Å²) in [6.07, 6.45) is 17.0. The molecule has 2 aromatic carbocycles. The van der Waals surface area contributed by atoms with Crippen LogP contribution in [0.15, 0.2) is 54.7 Å². The Kier molecular flexibility index (Phi) is 5.54. The largest absolute Gasteiger partial charge is 0.348 e. The number of rotatable bonds is 4. The lowest BCUT2D eigenvalue weighted by atomic mass is 9.60. The Morgan fingerprint density at radius 1 is 0.735 bits per heavy atom. The fraction of sp³-hybridized carbons (Fsp3) is 0.562. The Morgan fingerprint density at radius 3 is 1.88 bits per heavy atom. The number of para-hydroxylation sites is 1. The summed E-state index contributed by atoms with van der Waals surface area (Å²) in [5, 5.41) is 0. The van der Waals surface area contributed by atoms with Crippen molar-refractivity contribution in [3.8, 4) is 0 Å². The van der Waals surface area contributed by atoms with E-state index < -0.39 is 0 Å². The van der Waals surface area contributed by atoms with Crippen LogP contribution in [0.3, 0.4) is 0 Å². The van der Waals surface area contributed by atoms with Gasteiger partial charge in [0.2, 0.25) is 0 Å². The van der Waals surface area contributed by atoms with Gasteiger partial charge in [-0.3, -0.25) is 0 Å². The number of hydrogen-bond acceptors (Lipinski definition) is 2. The molecular weight excluding hydrogens is 412 g/mol. The molecule has 3 atom stereocenters. The van der Waals surface area contributed by atoms with E-state index in [0.29, 0.717) is 17.5 Å². The highest BCUT2D eigenvalue weighted by atomic mass is 15.5. The smallest absolute Gasteiger partial charge is 0.129 e. The molecular formula is C32H42N2. The zero-order valence-electron chi connectivity index (χ0n) is 21.6. The number of hydrogen-bond donors (Lipinski definition) is 0. The molecule has 3 fully saturated rings. The molecule has 2 heteroatoms. The minimum atomic E-state index is 0.267. The van der Waals surface area contributed by atoms with Crippen LogP contribution in [0.4, 0.5) is 5.69 Å². The predicted octanol–water partition coefficient (Wildman–Crippen LogP) is 8.08. The van der Waals surface area contributed by atoms with Crippen LogP contribution < -0.4 is 4.90 Å². The molecule has 0 aromatic heterocycles. The van der Waals surface area contributed by atoms with E-state index in [1.807, 2.05) is 0 Å². The Morgan fingerprint density at radius 2 is 1.29 bits per heavy atom. The van der Waals surface area contributed by atoms with Crippen LogP contribution in [0, 0.1) is 38.0 Å². The second-order valence-electron chi connectivity index (χ2n) is 11.8. The maximum atomic E-state index is 2.82. The summed E-state index contributed by atoms with van der Waals surface area (Å²) in [5.41, 5.74) is 7.49. The molecule has 4 aliphatic rings. The van der Waals surface area contributed by atoms with Crippen molar-refractivity contribution in [3.05, 3.63) is 77.0 Å². The molecule has 34 heavy (non-hydrogen) atoms. The summed E-state index contributed by atoms with van der Waals surface area (Å²) in [4.78, 5) is 5.63. The second kappa shape index (κ2) is 8.47. The highest BCUT2D eigenvalue weighted by Gasteiger charge is 2.61. The van der Waals surface area contributed by atoms with Gasteiger partial charge in [-0.05, 0) is 94.2 Å². The lowest BCUT2D eigenvalue weighted by molar-refractivity contribution is 0.0545. The predicted molar refractivity (Wildman–Crippen MR) is 143 cm³/mol. The molecule has 0 bridgehead atoms. The van der Waals surface area contributed by atoms with Crippen molar-refractivity contribution in [2.24, 2.45) is 17.3 Å². The molecule has 2 aliphatic heterocycles. The summed E-state index contributed by atoms with van der Waals surface area (Å²) in [5.74, 6) is 1.69. The van der Waals surface area contributed by atoms with Gasteiger partial charge in [-0.2, -0.15) is 0 Å². The van der Waals surface area contributed by atoms with E-state index in [-0.39, 0.29) is 6.17 Å². The minimum Gasteiger partial charge on any atom is -0.348 e. The van der Waals surface area contributed by atoms with Crippen molar-refractivity contribution in [2.75, 3.05) is 4.90 Å². The fourth-order valence-electron chi connectivity index (χ4n) is 8.75. The van der Waals surface area contributed by atoms with Crippen LogP contribution in [0.2, 0.25) is 0 Å². The van der Waals surface area contributed by atoms with Crippen molar-refractivity contribution >= 4 is 5.69 Å². The van der Waals surface area contributed by atoms with Crippen molar-refractivity contribution in [1.29, 1.82) is 0 Å². The molecule has 1 saturated heterocycles. The molecule has 2 nitrogen and oxygen atoms in total. The molecule has 0 N–H and O–H groups in total. The molecule has 2 aliphatic carbocycles. The summed E-state index contributed by atoms with van der Waals surface area (Å²) in [6, 6.07) is 17.0. The van der Waals surface area contributed by atoms with Crippen molar-refractivity contribution in [1.82, 2.24) is 4.90 Å². The van der Waals surface area contributed by atoms with Crippen LogP contribution in [0.25, 0.3) is 0 Å². The quantitative estimate of drug-likeness (QED) is 0.460. The molecule has 6 rings (SSSR count). The monoisotopic (exact) mass is 454 g/mol. The van der Waals surface area contributed by atoms with Crippen LogP contribution in [-0.2, 0) is 0 Å². The Labute approximate surface area is 207 Å². The number of aryl methyl sites for hydroxylation is 3. The van der Waals surface area contributed by atoms with Gasteiger partial charge >= 0.3 is 0 Å². The number of benzene rings is 2. The number of anilines is 1. The molecule has 0 radical (unpaired) electrons. The van der Waals surface area contributed by atoms with E-state index >= 15 is 0 Å². The summed E-state index contributed by atoms with van der Waals surface area (Å²) in [7, 11) is 0. The lowest BCUT2D eigenvalue weighted by Gasteiger charge is -2.47. The topological polar surface area (TPSA) is 6.48 Å². The van der Waals surface area contributed by atoms with Crippen LogP contribution in [-0.4, -0.2) is 17.0 Å². The van der Waals surface area contributed by atoms with Crippen molar-refractivity contribution < 1.29 is 0 Å². The molecule has 0 amide bonds. The zero-order valence-corrected chi connectivity index (χ0v) is 21.6. The number of fused-ring (bicyclic) bond motifs is 1. The van der Waals surface area contributed by atoms with E-state index in [9.17, 15) is 0 Å². The Balaban J connectivity index is 1.54. The van der Waals surface area contributed by atoms with Gasteiger partial charge in [0.1, 0.15) is 6.17 Å². The van der Waals surface area contributed by atoms with Gasteiger partial charge < -0.3 is 9.80 Å². The maximum Gasteiger partial charge on any atom is 0.129 e. The molecule has 2 saturated carbocycles. The standard InChI is InChI=1S/C32H42N2/c1-22-12-5-10-19-28(22)34-25(4)30-32(26-15-6-7-16-26,27-17-8-9-18-27)20-21-33(30)31(34)29-23(2)13-11-14-24(29)3/h5,10-14,19-21,25-27,30-31H,6-9,15-18H2,1-4H3/t25-,30?,31?/m0/s1. The summed E-state index contributed by atoms with van der Waals surface area (Å²) < 4.78 is 0. The first-order chi connectivity index (χ1) is 16.5. The third kappa shape index (κ3) is 3.13. The lowest BCUT2D eigenvalue weighted by Crippen LogP contribution is -2.51. The zero-order chi connectivity index (χ0) is 23.4.